The Labute approximate surface area is 222 Å². The van der Waals surface area contributed by atoms with Crippen molar-refractivity contribution in [1.29, 1.82) is 0 Å². The van der Waals surface area contributed by atoms with Gasteiger partial charge < -0.3 is 0 Å². The Morgan fingerprint density at radius 3 is 1.89 bits per heavy atom. The van der Waals surface area contributed by atoms with Gasteiger partial charge in [-0.25, -0.2) is 0 Å². The average Bonchev–Trinajstić information content (AvgIpc) is 3.58. The number of benzene rings is 4. The van der Waals surface area contributed by atoms with Crippen LogP contribution in [0.4, 0.5) is 5.69 Å². The summed E-state index contributed by atoms with van der Waals surface area (Å²) in [5.41, 5.74) is 9.82. The van der Waals surface area contributed by atoms with Crippen LogP contribution >= 0.6 is 0 Å². The molecule has 0 aliphatic heterocycles. The molecule has 2 aliphatic rings. The van der Waals surface area contributed by atoms with Crippen LogP contribution in [0.15, 0.2) is 125 Å². The van der Waals surface area contributed by atoms with E-state index in [1.165, 1.54) is 39.1 Å². The van der Waals surface area contributed by atoms with Gasteiger partial charge in [-0.2, -0.15) is 0 Å². The van der Waals surface area contributed by atoms with Crippen molar-refractivity contribution in [3.8, 4) is 11.1 Å². The van der Waals surface area contributed by atoms with Crippen LogP contribution < -0.4 is 4.90 Å². The quantitative estimate of drug-likeness (QED) is 0.236. The van der Waals surface area contributed by atoms with Gasteiger partial charge in [0.25, 0.3) is 0 Å². The Morgan fingerprint density at radius 2 is 1.30 bits per heavy atom. The minimum absolute atomic E-state index is 0.356. The molecule has 0 N–H and O–H groups in total. The van der Waals surface area contributed by atoms with Gasteiger partial charge in [0, 0.05) is 0 Å². The number of nitrogens with zero attached hydrogens (tertiary/aromatic N) is 1. The maximum atomic E-state index is 2.72. The average molecular weight is 561 g/mol. The molecule has 37 heavy (non-hydrogen) atoms. The van der Waals surface area contributed by atoms with Gasteiger partial charge in [0.15, 0.2) is 0 Å². The van der Waals surface area contributed by atoms with Gasteiger partial charge in [-0.3, -0.25) is 0 Å². The number of anilines is 1. The number of rotatable bonds is 5. The molecule has 0 heterocycles. The van der Waals surface area contributed by atoms with E-state index in [2.05, 4.69) is 150 Å². The zero-order valence-corrected chi connectivity index (χ0v) is 24.7. The SMILES string of the molecule is CN(C)c1ccc2c(c1)[CH]([Zr]([CH3])([CH3])([C]1=CC=CC1)=[C](c1ccccc1)c1ccccc1)c1ccccc1-2. The number of allylic oxidation sites excluding steroid dienone is 4. The van der Waals surface area contributed by atoms with Gasteiger partial charge in [-0.05, 0) is 0 Å². The first-order valence-electron chi connectivity index (χ1n) is 13.3. The fourth-order valence-corrected chi connectivity index (χ4v) is 23.9. The third kappa shape index (κ3) is 3.72. The number of fused-ring (bicyclic) bond motifs is 3. The Morgan fingerprint density at radius 1 is 0.703 bits per heavy atom. The van der Waals surface area contributed by atoms with Crippen molar-refractivity contribution < 1.29 is 18.3 Å². The van der Waals surface area contributed by atoms with Crippen LogP contribution in [0.5, 0.6) is 0 Å². The standard InChI is InChI=1S/C15H14N.C13H10.C5H5.2CH3.Zr/c1-16(2)13-7-8-15-12(10-13)9-11-5-3-4-6-14(11)15;1-3-7-12(8-4-1)11-13-9-5-2-6-10-13;1-2-4-5-3-1;;;/h3-10H,1-2H3;1-10H;1-3H,4H2;2*1H3;. The van der Waals surface area contributed by atoms with Gasteiger partial charge in [0.1, 0.15) is 0 Å². The van der Waals surface area contributed by atoms with Crippen molar-refractivity contribution in [2.45, 2.75) is 19.3 Å². The predicted molar refractivity (Wildman–Crippen MR) is 158 cm³/mol. The first-order chi connectivity index (χ1) is 17.9. The summed E-state index contributed by atoms with van der Waals surface area (Å²) in [5, 5.41) is 0. The Balaban J connectivity index is 1.83. The summed E-state index contributed by atoms with van der Waals surface area (Å²) in [6.45, 7) is 0. The number of hydrogen-bond donors (Lipinski definition) is 0. The van der Waals surface area contributed by atoms with Gasteiger partial charge >= 0.3 is 224 Å². The summed E-state index contributed by atoms with van der Waals surface area (Å²) in [6.07, 6.45) is 8.17. The molecule has 0 aromatic heterocycles. The molecule has 0 bridgehead atoms. The van der Waals surface area contributed by atoms with Crippen LogP contribution in [0.1, 0.15) is 32.3 Å². The molecule has 0 radical (unpaired) electrons. The van der Waals surface area contributed by atoms with Gasteiger partial charge in [-0.1, -0.05) is 0 Å². The molecule has 0 fully saturated rings. The molecule has 2 heteroatoms. The molecule has 1 nitrogen and oxygen atoms in total. The van der Waals surface area contributed by atoms with E-state index in [9.17, 15) is 0 Å². The van der Waals surface area contributed by atoms with Crippen LogP contribution in [0, 0.1) is 0 Å². The summed E-state index contributed by atoms with van der Waals surface area (Å²) < 4.78 is 9.03. The fourth-order valence-electron chi connectivity index (χ4n) is 7.18. The zero-order chi connectivity index (χ0) is 25.6. The van der Waals surface area contributed by atoms with E-state index in [0.29, 0.717) is 3.63 Å². The van der Waals surface area contributed by atoms with E-state index in [1.807, 2.05) is 0 Å². The predicted octanol–water partition coefficient (Wildman–Crippen LogP) is 8.72. The maximum absolute atomic E-state index is 4.17. The molecule has 1 unspecified atom stereocenters. The van der Waals surface area contributed by atoms with Gasteiger partial charge in [0.05, 0.1) is 0 Å². The van der Waals surface area contributed by atoms with Gasteiger partial charge in [0.2, 0.25) is 0 Å². The van der Waals surface area contributed by atoms with Crippen molar-refractivity contribution >= 4 is 8.89 Å². The minimum atomic E-state index is -4.17. The molecule has 0 amide bonds. The Kier molecular flexibility index (Phi) is 5.92. The van der Waals surface area contributed by atoms with E-state index in [4.69, 9.17) is 0 Å². The fraction of sp³-hybridized carbons (Fsp3) is 0.171. The summed E-state index contributed by atoms with van der Waals surface area (Å²) >= 11 is -4.17. The third-order valence-electron chi connectivity index (χ3n) is 8.94. The first-order valence-corrected chi connectivity index (χ1v) is 22.1. The molecular weight excluding hydrogens is 526 g/mol. The van der Waals surface area contributed by atoms with Crippen LogP contribution in [-0.4, -0.2) is 17.3 Å². The van der Waals surface area contributed by atoms with E-state index < -0.39 is 18.3 Å². The van der Waals surface area contributed by atoms with Crippen molar-refractivity contribution in [3.63, 3.8) is 0 Å². The molecule has 0 saturated carbocycles. The topological polar surface area (TPSA) is 3.24 Å². The second kappa shape index (κ2) is 9.03. The van der Waals surface area contributed by atoms with Crippen LogP contribution in [0.25, 0.3) is 11.1 Å². The molecule has 0 spiro atoms. The van der Waals surface area contributed by atoms with E-state index in [1.54, 1.807) is 6.49 Å². The van der Waals surface area contributed by atoms with Crippen LogP contribution in [0.3, 0.4) is 0 Å². The van der Waals surface area contributed by atoms with Crippen molar-refractivity contribution in [1.82, 2.24) is 0 Å². The monoisotopic (exact) mass is 559 g/mol. The second-order valence-corrected chi connectivity index (χ2v) is 28.1. The molecular formula is C35H35NZr. The molecule has 184 valence electrons. The van der Waals surface area contributed by atoms with Crippen LogP contribution in [0.2, 0.25) is 9.26 Å². The van der Waals surface area contributed by atoms with Crippen molar-refractivity contribution in [3.05, 3.63) is 147 Å². The second-order valence-electron chi connectivity index (χ2n) is 11.6. The number of hydrogen-bond acceptors (Lipinski definition) is 1. The molecule has 6 rings (SSSR count). The molecule has 0 saturated heterocycles. The summed E-state index contributed by atoms with van der Waals surface area (Å²) in [6, 6.07) is 38.8. The Hall–Kier alpha value is -3.09. The molecule has 4 aromatic rings. The van der Waals surface area contributed by atoms with Gasteiger partial charge in [-0.15, -0.1) is 0 Å². The molecule has 1 atom stereocenters. The van der Waals surface area contributed by atoms with Crippen LogP contribution in [-0.2, 0) is 18.3 Å². The summed E-state index contributed by atoms with van der Waals surface area (Å²) in [5.74, 6) is 0. The normalized spacial score (nSPS) is 16.2. The zero-order valence-electron chi connectivity index (χ0n) is 22.3. The first kappa shape index (κ1) is 24.3. The van der Waals surface area contributed by atoms with Crippen molar-refractivity contribution in [2.24, 2.45) is 0 Å². The summed E-state index contributed by atoms with van der Waals surface area (Å²) in [7, 11) is 4.30. The van der Waals surface area contributed by atoms with E-state index in [-0.39, 0.29) is 0 Å². The molecule has 4 aromatic carbocycles. The Bertz CT molecular complexity index is 1570. The van der Waals surface area contributed by atoms with E-state index >= 15 is 0 Å². The third-order valence-corrected chi connectivity index (χ3v) is 25.7. The molecule has 2 aliphatic carbocycles. The van der Waals surface area contributed by atoms with Crippen molar-refractivity contribution in [2.75, 3.05) is 19.0 Å². The summed E-state index contributed by atoms with van der Waals surface area (Å²) in [4.78, 5) is 2.24. The van der Waals surface area contributed by atoms with E-state index in [0.717, 1.165) is 6.42 Å².